The highest BCUT2D eigenvalue weighted by Gasteiger charge is 2.20. The van der Waals surface area contributed by atoms with Crippen molar-refractivity contribution in [2.75, 3.05) is 10.5 Å². The van der Waals surface area contributed by atoms with E-state index >= 15 is 0 Å². The third-order valence-corrected chi connectivity index (χ3v) is 3.82. The van der Waals surface area contributed by atoms with Gasteiger partial charge in [0.05, 0.1) is 5.69 Å². The summed E-state index contributed by atoms with van der Waals surface area (Å²) in [5.41, 5.74) is 7.21. The van der Waals surface area contributed by atoms with Crippen LogP contribution in [-0.2, 0) is 10.0 Å². The maximum absolute atomic E-state index is 13.4. The number of anilines is 2. The summed E-state index contributed by atoms with van der Waals surface area (Å²) >= 11 is 0. The van der Waals surface area contributed by atoms with Crippen LogP contribution in [0.15, 0.2) is 41.6 Å². The average Bonchev–Trinajstić information content (AvgIpc) is 2.34. The standard InChI is InChI=1S/C12H12FN3O2S/c1-8-4-5-9(7-11(8)14)16-19(17,18)12-10(13)3-2-6-15-12/h2-7,16H,14H2,1H3. The minimum absolute atomic E-state index is 0.258. The van der Waals surface area contributed by atoms with E-state index in [1.807, 2.05) is 0 Å². The zero-order valence-electron chi connectivity index (χ0n) is 10.1. The molecular formula is C12H12FN3O2S. The third-order valence-electron chi connectivity index (χ3n) is 2.51. The van der Waals surface area contributed by atoms with Gasteiger partial charge in [0, 0.05) is 11.9 Å². The van der Waals surface area contributed by atoms with Crippen LogP contribution in [0.1, 0.15) is 5.56 Å². The lowest BCUT2D eigenvalue weighted by molar-refractivity contribution is 0.557. The van der Waals surface area contributed by atoms with Gasteiger partial charge in [0.15, 0.2) is 5.82 Å². The van der Waals surface area contributed by atoms with Crippen molar-refractivity contribution in [2.24, 2.45) is 0 Å². The van der Waals surface area contributed by atoms with Crippen molar-refractivity contribution in [3.05, 3.63) is 47.9 Å². The van der Waals surface area contributed by atoms with Crippen LogP contribution in [0.25, 0.3) is 0 Å². The molecule has 2 rings (SSSR count). The number of hydrogen-bond acceptors (Lipinski definition) is 4. The van der Waals surface area contributed by atoms with Crippen LogP contribution in [0.3, 0.4) is 0 Å². The van der Waals surface area contributed by atoms with Gasteiger partial charge in [0.1, 0.15) is 0 Å². The Morgan fingerprint density at radius 1 is 1.32 bits per heavy atom. The number of nitrogen functional groups attached to an aromatic ring is 1. The molecule has 0 atom stereocenters. The normalized spacial score (nSPS) is 11.3. The SMILES string of the molecule is Cc1ccc(NS(=O)(=O)c2ncccc2F)cc1N. The lowest BCUT2D eigenvalue weighted by Crippen LogP contribution is -2.16. The zero-order valence-corrected chi connectivity index (χ0v) is 10.9. The number of nitrogens with zero attached hydrogens (tertiary/aromatic N) is 1. The maximum Gasteiger partial charge on any atom is 0.282 e. The van der Waals surface area contributed by atoms with Gasteiger partial charge in [-0.2, -0.15) is 8.42 Å². The van der Waals surface area contributed by atoms with Crippen molar-refractivity contribution in [2.45, 2.75) is 11.9 Å². The van der Waals surface area contributed by atoms with Crippen LogP contribution in [-0.4, -0.2) is 13.4 Å². The van der Waals surface area contributed by atoms with E-state index in [-0.39, 0.29) is 5.69 Å². The minimum atomic E-state index is -4.07. The Balaban J connectivity index is 2.37. The summed E-state index contributed by atoms with van der Waals surface area (Å²) in [6, 6.07) is 7.03. The van der Waals surface area contributed by atoms with E-state index in [0.717, 1.165) is 11.6 Å². The molecule has 3 N–H and O–H groups in total. The van der Waals surface area contributed by atoms with Crippen LogP contribution < -0.4 is 10.5 Å². The average molecular weight is 281 g/mol. The Morgan fingerprint density at radius 3 is 2.68 bits per heavy atom. The molecule has 1 aromatic carbocycles. The van der Waals surface area contributed by atoms with Crippen molar-refractivity contribution >= 4 is 21.4 Å². The van der Waals surface area contributed by atoms with Gasteiger partial charge in [-0.1, -0.05) is 6.07 Å². The summed E-state index contributed by atoms with van der Waals surface area (Å²) in [4.78, 5) is 3.53. The van der Waals surface area contributed by atoms with E-state index in [4.69, 9.17) is 5.73 Å². The molecule has 0 saturated carbocycles. The number of hydrogen-bond donors (Lipinski definition) is 2. The fourth-order valence-electron chi connectivity index (χ4n) is 1.48. The van der Waals surface area contributed by atoms with Gasteiger partial charge < -0.3 is 5.73 Å². The molecule has 1 aromatic heterocycles. The number of sulfonamides is 1. The molecule has 0 bridgehead atoms. The Morgan fingerprint density at radius 2 is 2.05 bits per heavy atom. The van der Waals surface area contributed by atoms with Gasteiger partial charge in [0.25, 0.3) is 10.0 Å². The summed E-state index contributed by atoms with van der Waals surface area (Å²) in [5, 5.41) is -0.644. The van der Waals surface area contributed by atoms with E-state index in [2.05, 4.69) is 9.71 Å². The lowest BCUT2D eigenvalue weighted by Gasteiger charge is -2.09. The number of aromatic nitrogens is 1. The van der Waals surface area contributed by atoms with Gasteiger partial charge in [0.2, 0.25) is 5.03 Å². The number of pyridine rings is 1. The summed E-state index contributed by atoms with van der Waals surface area (Å²) in [7, 11) is -4.07. The second-order valence-corrected chi connectivity index (χ2v) is 5.56. The molecule has 0 radical (unpaired) electrons. The van der Waals surface area contributed by atoms with Crippen molar-refractivity contribution in [1.29, 1.82) is 0 Å². The van der Waals surface area contributed by atoms with Crippen molar-refractivity contribution < 1.29 is 12.8 Å². The number of nitrogens with one attached hydrogen (secondary N) is 1. The quantitative estimate of drug-likeness (QED) is 0.842. The summed E-state index contributed by atoms with van der Waals surface area (Å²) < 4.78 is 39.6. The third kappa shape index (κ3) is 2.82. The number of rotatable bonds is 3. The van der Waals surface area contributed by atoms with Crippen molar-refractivity contribution in [3.63, 3.8) is 0 Å². The number of nitrogens with two attached hydrogens (primary N) is 1. The number of halogens is 1. The van der Waals surface area contributed by atoms with Gasteiger partial charge in [-0.15, -0.1) is 0 Å². The van der Waals surface area contributed by atoms with Gasteiger partial charge in [-0.25, -0.2) is 9.37 Å². The zero-order chi connectivity index (χ0) is 14.0. The van der Waals surface area contributed by atoms with Crippen LogP contribution >= 0.6 is 0 Å². The molecule has 19 heavy (non-hydrogen) atoms. The maximum atomic E-state index is 13.4. The summed E-state index contributed by atoms with van der Waals surface area (Å²) in [6.45, 7) is 1.80. The highest BCUT2D eigenvalue weighted by atomic mass is 32.2. The van der Waals surface area contributed by atoms with E-state index in [9.17, 15) is 12.8 Å². The first kappa shape index (κ1) is 13.3. The van der Waals surface area contributed by atoms with E-state index in [1.54, 1.807) is 19.1 Å². The van der Waals surface area contributed by atoms with Crippen LogP contribution in [0.2, 0.25) is 0 Å². The summed E-state index contributed by atoms with van der Waals surface area (Å²) in [5.74, 6) is -0.907. The van der Waals surface area contributed by atoms with Crippen molar-refractivity contribution in [1.82, 2.24) is 4.98 Å². The molecule has 0 aliphatic heterocycles. The Hall–Kier alpha value is -2.15. The van der Waals surface area contributed by atoms with E-state index in [1.165, 1.54) is 18.3 Å². The Kier molecular flexibility index (Phi) is 3.39. The topological polar surface area (TPSA) is 85.1 Å². The molecule has 0 amide bonds. The van der Waals surface area contributed by atoms with E-state index in [0.29, 0.717) is 5.69 Å². The molecule has 0 spiro atoms. The molecule has 0 aliphatic carbocycles. The van der Waals surface area contributed by atoms with Gasteiger partial charge in [-0.3, -0.25) is 4.72 Å². The molecule has 0 aliphatic rings. The molecule has 0 fully saturated rings. The smallest absolute Gasteiger partial charge is 0.282 e. The fourth-order valence-corrected chi connectivity index (χ4v) is 2.53. The minimum Gasteiger partial charge on any atom is -0.398 e. The second kappa shape index (κ2) is 4.85. The first-order chi connectivity index (χ1) is 8.90. The largest absolute Gasteiger partial charge is 0.398 e. The monoisotopic (exact) mass is 281 g/mol. The Labute approximate surface area is 110 Å². The van der Waals surface area contributed by atoms with Crippen LogP contribution in [0, 0.1) is 12.7 Å². The highest BCUT2D eigenvalue weighted by Crippen LogP contribution is 2.20. The van der Waals surface area contributed by atoms with Crippen LogP contribution in [0.4, 0.5) is 15.8 Å². The number of benzene rings is 1. The predicted octanol–water partition coefficient (Wildman–Crippen LogP) is 1.91. The highest BCUT2D eigenvalue weighted by molar-refractivity contribution is 7.92. The second-order valence-electron chi connectivity index (χ2n) is 3.97. The van der Waals surface area contributed by atoms with Crippen molar-refractivity contribution in [3.8, 4) is 0 Å². The van der Waals surface area contributed by atoms with Crippen LogP contribution in [0.5, 0.6) is 0 Å². The molecular weight excluding hydrogens is 269 g/mol. The van der Waals surface area contributed by atoms with E-state index < -0.39 is 20.9 Å². The fraction of sp³-hybridized carbons (Fsp3) is 0.0833. The predicted molar refractivity (Wildman–Crippen MR) is 70.6 cm³/mol. The molecule has 1 heterocycles. The van der Waals surface area contributed by atoms with Gasteiger partial charge in [-0.05, 0) is 36.8 Å². The molecule has 100 valence electrons. The first-order valence-electron chi connectivity index (χ1n) is 5.39. The lowest BCUT2D eigenvalue weighted by atomic mass is 10.2. The molecule has 0 unspecified atom stereocenters. The molecule has 0 saturated heterocycles. The summed E-state index contributed by atoms with van der Waals surface area (Å²) in [6.07, 6.45) is 1.21. The molecule has 5 nitrogen and oxygen atoms in total. The molecule has 2 aromatic rings. The molecule has 7 heteroatoms. The Bertz CT molecular complexity index is 717. The first-order valence-corrected chi connectivity index (χ1v) is 6.88. The number of aryl methyl sites for hydroxylation is 1. The van der Waals surface area contributed by atoms with Gasteiger partial charge >= 0.3 is 0 Å².